The fourth-order valence-corrected chi connectivity index (χ4v) is 5.77. The van der Waals surface area contributed by atoms with Crippen molar-refractivity contribution < 1.29 is 13.2 Å². The normalized spacial score (nSPS) is 24.4. The van der Waals surface area contributed by atoms with Crippen molar-refractivity contribution in [3.8, 4) is 0 Å². The molecule has 0 aromatic heterocycles. The van der Waals surface area contributed by atoms with Crippen LogP contribution < -0.4 is 5.32 Å². The second-order valence-electron chi connectivity index (χ2n) is 10.1. The predicted molar refractivity (Wildman–Crippen MR) is 147 cm³/mol. The van der Waals surface area contributed by atoms with E-state index in [0.717, 1.165) is 44.1 Å². The average molecular weight is 542 g/mol. The first-order valence-corrected chi connectivity index (χ1v) is 13.3. The van der Waals surface area contributed by atoms with Gasteiger partial charge in [0.15, 0.2) is 6.17 Å². The Morgan fingerprint density at radius 3 is 2.47 bits per heavy atom. The zero-order valence-electron chi connectivity index (χ0n) is 21.4. The lowest BCUT2D eigenvalue weighted by atomic mass is 9.84. The lowest BCUT2D eigenvalue weighted by Crippen LogP contribution is -2.46. The van der Waals surface area contributed by atoms with Gasteiger partial charge in [0.05, 0.1) is 17.5 Å². The van der Waals surface area contributed by atoms with Gasteiger partial charge in [0.1, 0.15) is 22.7 Å². The number of nitrogens with one attached hydrogen (secondary N) is 1. The van der Waals surface area contributed by atoms with Crippen molar-refractivity contribution in [2.45, 2.75) is 51.9 Å². The Bertz CT molecular complexity index is 1280. The summed E-state index contributed by atoms with van der Waals surface area (Å²) in [5.74, 6) is 0.273. The molecule has 0 amide bonds. The highest BCUT2D eigenvalue weighted by atomic mass is 35.5. The second kappa shape index (κ2) is 11.4. The number of rotatable bonds is 6. The molecule has 1 saturated heterocycles. The summed E-state index contributed by atoms with van der Waals surface area (Å²) in [6.07, 6.45) is 0.672. The Kier molecular flexibility index (Phi) is 8.00. The molecule has 2 unspecified atom stereocenters. The maximum Gasteiger partial charge on any atom is 0.266 e. The minimum atomic E-state index is -2.89. The van der Waals surface area contributed by atoms with Crippen LogP contribution in [0.3, 0.4) is 0 Å². The molecule has 1 N–H and O–H groups in total. The number of benzene rings is 2. The molecule has 3 aliphatic heterocycles. The third-order valence-electron chi connectivity index (χ3n) is 7.47. The molecule has 38 heavy (non-hydrogen) atoms. The molecule has 1 fully saturated rings. The van der Waals surface area contributed by atoms with Crippen molar-refractivity contribution in [1.29, 1.82) is 0 Å². The molecule has 0 radical (unpaired) electrons. The van der Waals surface area contributed by atoms with Crippen LogP contribution in [-0.4, -0.2) is 41.0 Å². The van der Waals surface area contributed by atoms with Crippen LogP contribution in [0.5, 0.6) is 0 Å². The number of piperidine rings is 1. The number of amidine groups is 2. The zero-order valence-corrected chi connectivity index (χ0v) is 22.2. The molecule has 9 heteroatoms. The van der Waals surface area contributed by atoms with Crippen LogP contribution in [0.15, 0.2) is 75.2 Å². The number of alkyl halides is 2. The van der Waals surface area contributed by atoms with Gasteiger partial charge >= 0.3 is 0 Å². The number of dihydropyridines is 1. The predicted octanol–water partition coefficient (Wildman–Crippen LogP) is 6.68. The Labute approximate surface area is 226 Å². The van der Waals surface area contributed by atoms with Crippen molar-refractivity contribution in [1.82, 2.24) is 10.2 Å². The molecule has 3 atom stereocenters. The lowest BCUT2D eigenvalue weighted by molar-refractivity contribution is 0.146. The quantitative estimate of drug-likeness (QED) is 0.444. The number of hydrogen-bond acceptors (Lipinski definition) is 4. The number of aliphatic imine (C=N–C) groups is 3. The van der Waals surface area contributed by atoms with Gasteiger partial charge in [-0.05, 0) is 56.8 Å². The Morgan fingerprint density at radius 1 is 1.05 bits per heavy atom. The molecule has 0 saturated carbocycles. The van der Waals surface area contributed by atoms with Gasteiger partial charge in [-0.2, -0.15) is 0 Å². The minimum Gasteiger partial charge on any atom is -0.332 e. The monoisotopic (exact) mass is 541 g/mol. The molecule has 200 valence electrons. The summed E-state index contributed by atoms with van der Waals surface area (Å²) in [5.41, 5.74) is 1.81. The highest BCUT2D eigenvalue weighted by Crippen LogP contribution is 2.35. The number of nitrogens with zero attached hydrogens (tertiary/aromatic N) is 4. The Hall–Kier alpha value is -2.97. The average Bonchev–Trinajstić information content (AvgIpc) is 2.89. The van der Waals surface area contributed by atoms with Gasteiger partial charge in [-0.15, -0.1) is 0 Å². The van der Waals surface area contributed by atoms with Gasteiger partial charge in [0, 0.05) is 12.1 Å². The molecule has 3 aliphatic rings. The summed E-state index contributed by atoms with van der Waals surface area (Å²) in [4.78, 5) is 16.5. The van der Waals surface area contributed by atoms with Crippen molar-refractivity contribution in [3.05, 3.63) is 82.7 Å². The van der Waals surface area contributed by atoms with Crippen LogP contribution in [0, 0.1) is 17.7 Å². The van der Waals surface area contributed by atoms with Crippen molar-refractivity contribution in [2.24, 2.45) is 26.8 Å². The Morgan fingerprint density at radius 2 is 1.76 bits per heavy atom. The van der Waals surface area contributed by atoms with Crippen LogP contribution in [0.1, 0.15) is 55.8 Å². The van der Waals surface area contributed by atoms with Crippen LogP contribution >= 0.6 is 11.6 Å². The van der Waals surface area contributed by atoms with E-state index in [-0.39, 0.29) is 17.4 Å². The minimum absolute atomic E-state index is 0.126. The smallest absolute Gasteiger partial charge is 0.266 e. The molecule has 0 spiro atoms. The zero-order chi connectivity index (χ0) is 26.8. The van der Waals surface area contributed by atoms with E-state index in [4.69, 9.17) is 21.6 Å². The topological polar surface area (TPSA) is 52.4 Å². The third kappa shape index (κ3) is 5.71. The SMILES string of the molecule is CC1=NC2N=C(Cl)C(C3CCN(Cc4ccccc4)CC3)=CC2C(=N[C@H](C)c2cccc(C(F)F)c2F)N1. The molecular weight excluding hydrogens is 511 g/mol. The molecule has 0 bridgehead atoms. The van der Waals surface area contributed by atoms with E-state index in [2.05, 4.69) is 45.6 Å². The van der Waals surface area contributed by atoms with Crippen molar-refractivity contribution >= 4 is 28.4 Å². The maximum atomic E-state index is 14.8. The van der Waals surface area contributed by atoms with E-state index in [1.165, 1.54) is 17.7 Å². The number of allylic oxidation sites excluding steroid dienone is 1. The maximum absolute atomic E-state index is 14.8. The number of likely N-dealkylation sites (tertiary alicyclic amines) is 1. The number of hydrogen-bond donors (Lipinski definition) is 1. The fourth-order valence-electron chi connectivity index (χ4n) is 5.45. The molecule has 0 aliphatic carbocycles. The first-order valence-electron chi connectivity index (χ1n) is 13.0. The summed E-state index contributed by atoms with van der Waals surface area (Å²) in [5, 5.41) is 3.69. The fraction of sp³-hybridized carbons (Fsp3) is 0.414. The van der Waals surface area contributed by atoms with E-state index < -0.39 is 30.0 Å². The van der Waals surface area contributed by atoms with E-state index in [1.54, 1.807) is 13.8 Å². The standard InChI is InChI=1S/C29H31ClF3N5/c1-17(21-9-6-10-22(25(21)31)27(32)33)34-28-24-15-23(26(30)37-29(24)36-18(2)35-28)20-11-13-38(14-12-20)16-19-7-4-3-5-8-19/h3-10,15,17,20,24,27,29H,11-14,16H2,1-2H3,(H,34,35,36)/t17-,24?,29?/m1/s1. The van der Waals surface area contributed by atoms with E-state index in [9.17, 15) is 13.2 Å². The molecule has 5 rings (SSSR count). The Balaban J connectivity index is 1.35. The first kappa shape index (κ1) is 26.6. The summed E-state index contributed by atoms with van der Waals surface area (Å²) in [6.45, 7) is 6.35. The highest BCUT2D eigenvalue weighted by molar-refractivity contribution is 6.69. The van der Waals surface area contributed by atoms with E-state index >= 15 is 0 Å². The summed E-state index contributed by atoms with van der Waals surface area (Å²) in [6, 6.07) is 13.8. The van der Waals surface area contributed by atoms with Gasteiger partial charge in [0.2, 0.25) is 0 Å². The van der Waals surface area contributed by atoms with E-state index in [1.807, 2.05) is 6.07 Å². The van der Waals surface area contributed by atoms with Crippen LogP contribution in [0.4, 0.5) is 13.2 Å². The highest BCUT2D eigenvalue weighted by Gasteiger charge is 2.36. The van der Waals surface area contributed by atoms with Gasteiger partial charge in [-0.25, -0.2) is 23.2 Å². The molecule has 3 heterocycles. The number of halogens is 4. The van der Waals surface area contributed by atoms with Gasteiger partial charge in [0.25, 0.3) is 6.43 Å². The summed E-state index contributed by atoms with van der Waals surface area (Å²) >= 11 is 6.68. The lowest BCUT2D eigenvalue weighted by Gasteiger charge is -2.36. The second-order valence-corrected chi connectivity index (χ2v) is 10.5. The molecule has 5 nitrogen and oxygen atoms in total. The molecule has 2 aromatic carbocycles. The van der Waals surface area contributed by atoms with Crippen LogP contribution in [-0.2, 0) is 6.54 Å². The molecular formula is C29H31ClF3N5. The van der Waals surface area contributed by atoms with Crippen molar-refractivity contribution in [3.63, 3.8) is 0 Å². The van der Waals surface area contributed by atoms with Gasteiger partial charge < -0.3 is 5.32 Å². The van der Waals surface area contributed by atoms with E-state index in [0.29, 0.717) is 16.8 Å². The summed E-state index contributed by atoms with van der Waals surface area (Å²) in [7, 11) is 0. The van der Waals surface area contributed by atoms with Gasteiger partial charge in [-0.3, -0.25) is 9.89 Å². The largest absolute Gasteiger partial charge is 0.332 e. The first-order chi connectivity index (χ1) is 18.3. The number of fused-ring (bicyclic) bond motifs is 1. The van der Waals surface area contributed by atoms with Gasteiger partial charge in [-0.1, -0.05) is 66.2 Å². The molecule has 2 aromatic rings. The third-order valence-corrected chi connectivity index (χ3v) is 7.78. The van der Waals surface area contributed by atoms with Crippen LogP contribution in [0.25, 0.3) is 0 Å². The van der Waals surface area contributed by atoms with Crippen LogP contribution in [0.2, 0.25) is 0 Å². The van der Waals surface area contributed by atoms with Crippen molar-refractivity contribution in [2.75, 3.05) is 13.1 Å². The summed E-state index contributed by atoms with van der Waals surface area (Å²) < 4.78 is 41.3.